The predicted octanol–water partition coefficient (Wildman–Crippen LogP) is 2.65. The number of fused-ring (bicyclic) bond motifs is 1. The Balaban J connectivity index is 1.37. The number of ether oxygens (including phenoxy) is 2. The Labute approximate surface area is 309 Å². The Hall–Kier alpha value is -3.83. The first-order valence-electron chi connectivity index (χ1n) is 16.4. The normalized spacial score (nSPS) is 13.7. The van der Waals surface area contributed by atoms with Crippen molar-refractivity contribution in [3.8, 4) is 5.75 Å². The van der Waals surface area contributed by atoms with Gasteiger partial charge in [-0.05, 0) is 54.3 Å². The summed E-state index contributed by atoms with van der Waals surface area (Å²) in [6, 6.07) is 17.4. The number of aliphatic hydroxyl groups is 1. The second kappa shape index (κ2) is 19.5. The minimum atomic E-state index is -5.23. The minimum absolute atomic E-state index is 0.0459. The fraction of sp³-hybridized carbons (Fsp3) is 0.424. The van der Waals surface area contributed by atoms with Crippen molar-refractivity contribution in [1.29, 1.82) is 0 Å². The molecule has 3 aromatic carbocycles. The zero-order valence-electron chi connectivity index (χ0n) is 29.9. The van der Waals surface area contributed by atoms with Crippen LogP contribution in [0.25, 0.3) is 10.8 Å². The highest BCUT2D eigenvalue weighted by molar-refractivity contribution is 7.89. The topological polar surface area (TPSA) is 236 Å². The third-order valence-electron chi connectivity index (χ3n) is 8.06. The van der Waals surface area contributed by atoms with Crippen LogP contribution in [0.3, 0.4) is 0 Å². The van der Waals surface area contributed by atoms with Gasteiger partial charge in [0.25, 0.3) is 5.91 Å². The molecule has 17 nitrogen and oxygen atoms in total. The number of anilines is 1. The van der Waals surface area contributed by atoms with Gasteiger partial charge in [-0.15, -0.1) is 0 Å². The predicted molar refractivity (Wildman–Crippen MR) is 200 cm³/mol. The van der Waals surface area contributed by atoms with Crippen molar-refractivity contribution in [3.63, 3.8) is 0 Å². The molecule has 5 N–H and O–H groups in total. The number of nitrogens with one attached hydrogen (secondary N) is 1. The largest absolute Gasteiger partial charge is 0.554 e. The molecule has 20 heteroatoms. The summed E-state index contributed by atoms with van der Waals surface area (Å²) in [7, 11) is -5.77. The molecule has 0 aliphatic rings. The molecule has 0 saturated heterocycles. The van der Waals surface area contributed by atoms with Crippen LogP contribution in [0, 0.1) is 0 Å². The van der Waals surface area contributed by atoms with Gasteiger partial charge in [0.1, 0.15) is 5.75 Å². The molecule has 53 heavy (non-hydrogen) atoms. The highest BCUT2D eigenvalue weighted by atomic mass is 32.2. The summed E-state index contributed by atoms with van der Waals surface area (Å²) in [4.78, 5) is 55.8. The van der Waals surface area contributed by atoms with Crippen molar-refractivity contribution in [1.82, 2.24) is 14.6 Å². The average Bonchev–Trinajstić information content (AvgIpc) is 3.10. The van der Waals surface area contributed by atoms with Crippen LogP contribution >= 0.6 is 15.6 Å². The van der Waals surface area contributed by atoms with Crippen molar-refractivity contribution >= 4 is 60.2 Å². The molecule has 0 saturated carbocycles. The maximum atomic E-state index is 13.4. The Morgan fingerprint density at radius 2 is 1.66 bits per heavy atom. The van der Waals surface area contributed by atoms with E-state index >= 15 is 0 Å². The second-order valence-corrected chi connectivity index (χ2v) is 17.8. The van der Waals surface area contributed by atoms with Gasteiger partial charge >= 0.3 is 26.7 Å². The molecule has 0 bridgehead atoms. The summed E-state index contributed by atoms with van der Waals surface area (Å²) in [5.74, 6) is -0.848. The van der Waals surface area contributed by atoms with E-state index in [0.29, 0.717) is 29.7 Å². The molecule has 2 atom stereocenters. The molecule has 0 fully saturated rings. The number of nitrogens with zero attached hydrogens (tertiary/aromatic N) is 4. The monoisotopic (exact) mass is 798 g/mol. The molecule has 0 heterocycles. The molecule has 0 aliphatic carbocycles. The number of hydrogen-bond donors (Lipinski definition) is 5. The number of benzene rings is 3. The molecular weight excluding hydrogens is 752 g/mol. The lowest BCUT2D eigenvalue weighted by Gasteiger charge is -2.21. The van der Waals surface area contributed by atoms with Gasteiger partial charge < -0.3 is 34.2 Å². The SMILES string of the molecule is CN(CCCOc1cccc(/C=N/NC(=O)COC(=O)CCCN(C)S(=O)(=O)c2cccc3c(N(C)C)cccc23)c1)CCC(O)([P+](=O)O)P(=O)(O)O. The first-order chi connectivity index (χ1) is 24.9. The van der Waals surface area contributed by atoms with Crippen LogP contribution in [0.5, 0.6) is 5.75 Å². The van der Waals surface area contributed by atoms with Gasteiger partial charge in [-0.25, -0.2) is 18.1 Å². The molecule has 3 aromatic rings. The van der Waals surface area contributed by atoms with E-state index in [2.05, 4.69) is 10.5 Å². The van der Waals surface area contributed by atoms with Crippen molar-refractivity contribution in [2.45, 2.75) is 35.7 Å². The summed E-state index contributed by atoms with van der Waals surface area (Å²) in [5, 5.41) is 12.2. The zero-order chi connectivity index (χ0) is 39.4. The summed E-state index contributed by atoms with van der Waals surface area (Å²) < 4.78 is 61.5. The van der Waals surface area contributed by atoms with Crippen molar-refractivity contribution < 1.29 is 56.4 Å². The Morgan fingerprint density at radius 3 is 2.34 bits per heavy atom. The van der Waals surface area contributed by atoms with Crippen molar-refractivity contribution in [2.24, 2.45) is 5.10 Å². The Kier molecular flexibility index (Phi) is 16.0. The minimum Gasteiger partial charge on any atom is -0.494 e. The number of rotatable bonds is 21. The van der Waals surface area contributed by atoms with E-state index in [0.717, 1.165) is 11.1 Å². The van der Waals surface area contributed by atoms with Gasteiger partial charge in [0.05, 0.1) is 24.1 Å². The standard InChI is InChI=1S/C33H45N5O12P2S/c1-36(2)29-14-6-13-28-27(29)12-7-15-30(28)53(47,48)38(4)19-8-16-32(40)50-24-31(39)35-34-23-25-10-5-11-26(22-25)49-21-9-18-37(3)20-17-33(41,51(42)43)52(44,45)46/h5-7,10-15,22-23,41H,8-9,16-21,24H2,1-4H3,(H3-,35,39,42,43,44,45,46)/p+1/b34-23+. The lowest BCUT2D eigenvalue weighted by atomic mass is 10.1. The first-order valence-corrected chi connectivity index (χ1v) is 20.6. The smallest absolute Gasteiger partial charge is 0.494 e. The Morgan fingerprint density at radius 1 is 0.981 bits per heavy atom. The maximum absolute atomic E-state index is 13.4. The van der Waals surface area contributed by atoms with Crippen LogP contribution in [-0.4, -0.2) is 122 Å². The van der Waals surface area contributed by atoms with Crippen LogP contribution in [0.1, 0.15) is 31.2 Å². The number of hydrazone groups is 1. The number of carbonyl (C=O) groups is 2. The van der Waals surface area contributed by atoms with E-state index in [4.69, 9.17) is 9.47 Å². The lowest BCUT2D eigenvalue weighted by molar-refractivity contribution is -0.148. The molecule has 2 unspecified atom stereocenters. The fourth-order valence-corrected chi connectivity index (χ4v) is 8.04. The molecule has 3 rings (SSSR count). The number of amides is 1. The van der Waals surface area contributed by atoms with E-state index < -0.39 is 55.6 Å². The van der Waals surface area contributed by atoms with E-state index in [-0.39, 0.29) is 37.4 Å². The van der Waals surface area contributed by atoms with E-state index in [9.17, 15) is 46.9 Å². The Bertz CT molecular complexity index is 1940. The molecule has 0 radical (unpaired) electrons. The second-order valence-electron chi connectivity index (χ2n) is 12.3. The van der Waals surface area contributed by atoms with Crippen LogP contribution in [-0.2, 0) is 33.5 Å². The zero-order valence-corrected chi connectivity index (χ0v) is 32.5. The van der Waals surface area contributed by atoms with Gasteiger partial charge in [-0.2, -0.15) is 9.99 Å². The summed E-state index contributed by atoms with van der Waals surface area (Å²) >= 11 is 0. The molecular formula is C33H46N5O12P2S+. The van der Waals surface area contributed by atoms with Crippen molar-refractivity contribution in [2.75, 3.05) is 65.9 Å². The van der Waals surface area contributed by atoms with Gasteiger partial charge in [0.2, 0.25) is 10.0 Å². The van der Waals surface area contributed by atoms with E-state index in [1.165, 1.54) is 17.6 Å². The molecule has 290 valence electrons. The lowest BCUT2D eigenvalue weighted by Crippen LogP contribution is -2.31. The quantitative estimate of drug-likeness (QED) is 0.0343. The molecule has 0 aromatic heterocycles. The van der Waals surface area contributed by atoms with E-state index in [1.54, 1.807) is 60.5 Å². The van der Waals surface area contributed by atoms with Gasteiger partial charge in [0.15, 0.2) is 6.61 Å². The maximum Gasteiger partial charge on any atom is 0.554 e. The summed E-state index contributed by atoms with van der Waals surface area (Å²) in [5.41, 5.74) is 3.74. The fourth-order valence-electron chi connectivity index (χ4n) is 5.06. The molecule has 0 aliphatic heterocycles. The number of esters is 1. The van der Waals surface area contributed by atoms with Gasteiger partial charge in [0, 0.05) is 63.7 Å². The number of sulfonamides is 1. The average molecular weight is 799 g/mol. The highest BCUT2D eigenvalue weighted by Crippen LogP contribution is 2.61. The van der Waals surface area contributed by atoms with Gasteiger partial charge in [-0.1, -0.05) is 36.4 Å². The number of carbonyl (C=O) groups excluding carboxylic acids is 2. The third-order valence-corrected chi connectivity index (χ3v) is 13.3. The van der Waals surface area contributed by atoms with Crippen LogP contribution in [0.15, 0.2) is 70.7 Å². The highest BCUT2D eigenvalue weighted by Gasteiger charge is 2.62. The van der Waals surface area contributed by atoms with Crippen LogP contribution in [0.4, 0.5) is 5.69 Å². The van der Waals surface area contributed by atoms with Gasteiger partial charge in [-0.3, -0.25) is 14.2 Å². The number of hydrogen-bond acceptors (Lipinski definition) is 12. The van der Waals surface area contributed by atoms with Crippen LogP contribution in [0.2, 0.25) is 0 Å². The molecule has 1 amide bonds. The summed E-state index contributed by atoms with van der Waals surface area (Å²) in [6.07, 6.45) is 1.32. The first kappa shape index (κ1) is 43.6. The summed E-state index contributed by atoms with van der Waals surface area (Å²) in [6.45, 7) is 0.0948. The third kappa shape index (κ3) is 12.4. The van der Waals surface area contributed by atoms with E-state index in [1.807, 2.05) is 31.1 Å². The van der Waals surface area contributed by atoms with Crippen LogP contribution < -0.4 is 15.1 Å². The van der Waals surface area contributed by atoms with Crippen molar-refractivity contribution in [3.05, 3.63) is 66.2 Å². The molecule has 0 spiro atoms.